The molecule has 0 saturated carbocycles. The van der Waals surface area contributed by atoms with E-state index in [1.54, 1.807) is 25.5 Å². The first kappa shape index (κ1) is 26.0. The molecule has 0 atom stereocenters. The lowest BCUT2D eigenvalue weighted by Gasteiger charge is -2.31. The number of methoxy groups -OCH3 is 1. The number of rotatable bonds is 13. The van der Waals surface area contributed by atoms with E-state index in [1.807, 2.05) is 62.9 Å². The predicted molar refractivity (Wildman–Crippen MR) is 132 cm³/mol. The van der Waals surface area contributed by atoms with Crippen molar-refractivity contribution in [1.29, 1.82) is 0 Å². The van der Waals surface area contributed by atoms with E-state index in [4.69, 9.17) is 20.1 Å². The molecule has 180 valence electrons. The highest BCUT2D eigenvalue weighted by molar-refractivity contribution is 5.97. The van der Waals surface area contributed by atoms with Gasteiger partial charge < -0.3 is 25.0 Å². The summed E-state index contributed by atoms with van der Waals surface area (Å²) in [5.41, 5.74) is 1.49. The van der Waals surface area contributed by atoms with Gasteiger partial charge in [0.1, 0.15) is 17.2 Å². The van der Waals surface area contributed by atoms with Gasteiger partial charge in [0.25, 0.3) is 5.91 Å². The lowest BCUT2D eigenvalue weighted by atomic mass is 10.1. The minimum absolute atomic E-state index is 0.0365. The van der Waals surface area contributed by atoms with Gasteiger partial charge in [0.05, 0.1) is 32.1 Å². The van der Waals surface area contributed by atoms with Crippen LogP contribution in [0.1, 0.15) is 62.9 Å². The smallest absolute Gasteiger partial charge is 0.258 e. The van der Waals surface area contributed by atoms with Gasteiger partial charge in [-0.1, -0.05) is 0 Å². The summed E-state index contributed by atoms with van der Waals surface area (Å²) in [5, 5.41) is 3.50. The van der Waals surface area contributed by atoms with Gasteiger partial charge in [-0.05, 0) is 88.9 Å². The van der Waals surface area contributed by atoms with Crippen LogP contribution in [0.2, 0.25) is 0 Å². The quantitative estimate of drug-likeness (QED) is 0.201. The predicted octanol–water partition coefficient (Wildman–Crippen LogP) is 4.87. The molecule has 0 fully saturated rings. The van der Waals surface area contributed by atoms with Gasteiger partial charge >= 0.3 is 0 Å². The first-order chi connectivity index (χ1) is 15.9. The summed E-state index contributed by atoms with van der Waals surface area (Å²) in [7, 11) is 1.57. The van der Waals surface area contributed by atoms with Crippen molar-refractivity contribution in [2.75, 3.05) is 20.3 Å². The number of amides is 1. The molecule has 0 aliphatic carbocycles. The van der Waals surface area contributed by atoms with E-state index in [-0.39, 0.29) is 18.0 Å². The van der Waals surface area contributed by atoms with Crippen LogP contribution in [-0.2, 0) is 0 Å². The van der Waals surface area contributed by atoms with Crippen molar-refractivity contribution in [2.45, 2.75) is 59.0 Å². The molecule has 2 rings (SSSR count). The summed E-state index contributed by atoms with van der Waals surface area (Å²) < 4.78 is 17.1. The largest absolute Gasteiger partial charge is 0.496 e. The fourth-order valence-electron chi connectivity index (χ4n) is 3.64. The van der Waals surface area contributed by atoms with Crippen LogP contribution in [0.25, 0.3) is 0 Å². The minimum atomic E-state index is -0.0365. The highest BCUT2D eigenvalue weighted by Crippen LogP contribution is 2.27. The molecule has 7 nitrogen and oxygen atoms in total. The van der Waals surface area contributed by atoms with Gasteiger partial charge in [0.15, 0.2) is 0 Å². The van der Waals surface area contributed by atoms with E-state index in [2.05, 4.69) is 5.10 Å². The molecule has 0 aromatic heterocycles. The van der Waals surface area contributed by atoms with Crippen LogP contribution >= 0.6 is 0 Å². The van der Waals surface area contributed by atoms with Gasteiger partial charge in [-0.3, -0.25) is 4.79 Å². The van der Waals surface area contributed by atoms with Crippen molar-refractivity contribution in [3.8, 4) is 17.2 Å². The van der Waals surface area contributed by atoms with Crippen LogP contribution in [0.3, 0.4) is 0 Å². The summed E-state index contributed by atoms with van der Waals surface area (Å²) in [5.74, 6) is 7.16. The Bertz CT molecular complexity index is 887. The molecule has 0 unspecified atom stereocenters. The van der Waals surface area contributed by atoms with Crippen LogP contribution in [0.15, 0.2) is 47.6 Å². The SMILES string of the molecule is COc1cc(OCCCCCOc2ccc(C=NN)cc2)ccc1C(=O)N(C(C)C)C(C)C. The van der Waals surface area contributed by atoms with Crippen LogP contribution in [0.5, 0.6) is 17.2 Å². The number of unbranched alkanes of at least 4 members (excludes halogenated alkanes) is 2. The molecule has 0 saturated heterocycles. The van der Waals surface area contributed by atoms with Crippen molar-refractivity contribution >= 4 is 12.1 Å². The molecule has 2 aromatic rings. The monoisotopic (exact) mass is 455 g/mol. The summed E-state index contributed by atoms with van der Waals surface area (Å²) >= 11 is 0. The fraction of sp³-hybridized carbons (Fsp3) is 0.462. The van der Waals surface area contributed by atoms with Crippen molar-refractivity contribution in [1.82, 2.24) is 4.90 Å². The van der Waals surface area contributed by atoms with Crippen LogP contribution in [0, 0.1) is 0 Å². The molecule has 0 aliphatic heterocycles. The first-order valence-electron chi connectivity index (χ1n) is 11.5. The molecule has 2 aromatic carbocycles. The molecular formula is C26H37N3O4. The Morgan fingerprint density at radius 1 is 0.939 bits per heavy atom. The molecule has 7 heteroatoms. The molecular weight excluding hydrogens is 418 g/mol. The zero-order valence-corrected chi connectivity index (χ0v) is 20.4. The zero-order valence-electron chi connectivity index (χ0n) is 20.4. The maximum absolute atomic E-state index is 13.0. The van der Waals surface area contributed by atoms with Gasteiger partial charge in [-0.2, -0.15) is 5.10 Å². The fourth-order valence-corrected chi connectivity index (χ4v) is 3.64. The molecule has 0 bridgehead atoms. The molecule has 0 aliphatic rings. The second-order valence-electron chi connectivity index (χ2n) is 8.37. The number of nitrogens with two attached hydrogens (primary N) is 1. The van der Waals surface area contributed by atoms with Crippen LogP contribution in [-0.4, -0.2) is 49.4 Å². The van der Waals surface area contributed by atoms with Gasteiger partial charge in [-0.25, -0.2) is 0 Å². The Morgan fingerprint density at radius 3 is 2.06 bits per heavy atom. The average Bonchev–Trinajstić information content (AvgIpc) is 2.79. The standard InChI is InChI=1S/C26H37N3O4/c1-19(2)29(20(3)4)26(30)24-14-13-23(17-25(24)31-5)33-16-8-6-7-15-32-22-11-9-21(10-12-22)18-28-27/h9-14,17-20H,6-8,15-16,27H2,1-5H3. The lowest BCUT2D eigenvalue weighted by Crippen LogP contribution is -2.42. The highest BCUT2D eigenvalue weighted by atomic mass is 16.5. The van der Waals surface area contributed by atoms with E-state index in [0.29, 0.717) is 30.3 Å². The number of benzene rings is 2. The highest BCUT2D eigenvalue weighted by Gasteiger charge is 2.24. The Labute approximate surface area is 197 Å². The van der Waals surface area contributed by atoms with Gasteiger partial charge in [0, 0.05) is 18.2 Å². The molecule has 2 N–H and O–H groups in total. The second-order valence-corrected chi connectivity index (χ2v) is 8.37. The van der Waals surface area contributed by atoms with Crippen molar-refractivity contribution in [3.05, 3.63) is 53.6 Å². The third-order valence-corrected chi connectivity index (χ3v) is 5.18. The number of hydrogen-bond donors (Lipinski definition) is 1. The first-order valence-corrected chi connectivity index (χ1v) is 11.5. The molecule has 0 spiro atoms. The molecule has 33 heavy (non-hydrogen) atoms. The number of nitrogens with zero attached hydrogens (tertiary/aromatic N) is 2. The maximum atomic E-state index is 13.0. The molecule has 1 amide bonds. The van der Waals surface area contributed by atoms with Gasteiger partial charge in [0.2, 0.25) is 0 Å². The lowest BCUT2D eigenvalue weighted by molar-refractivity contribution is 0.0640. The van der Waals surface area contributed by atoms with Gasteiger partial charge in [-0.15, -0.1) is 0 Å². The van der Waals surface area contributed by atoms with E-state index in [1.165, 1.54) is 0 Å². The average molecular weight is 456 g/mol. The summed E-state index contributed by atoms with van der Waals surface area (Å²) in [6.45, 7) is 9.30. The van der Waals surface area contributed by atoms with E-state index >= 15 is 0 Å². The number of hydrogen-bond acceptors (Lipinski definition) is 6. The van der Waals surface area contributed by atoms with E-state index in [0.717, 1.165) is 30.6 Å². The Morgan fingerprint density at radius 2 is 1.52 bits per heavy atom. The van der Waals surface area contributed by atoms with Crippen molar-refractivity contribution < 1.29 is 19.0 Å². The Kier molecular flexibility index (Phi) is 10.5. The van der Waals surface area contributed by atoms with E-state index in [9.17, 15) is 4.79 Å². The Balaban J connectivity index is 1.77. The number of carbonyl (C=O) groups excluding carboxylic acids is 1. The number of hydrazone groups is 1. The van der Waals surface area contributed by atoms with Crippen molar-refractivity contribution in [3.63, 3.8) is 0 Å². The van der Waals surface area contributed by atoms with Crippen LogP contribution < -0.4 is 20.1 Å². The topological polar surface area (TPSA) is 86.4 Å². The molecule has 0 heterocycles. The third-order valence-electron chi connectivity index (χ3n) is 5.18. The summed E-state index contributed by atoms with van der Waals surface area (Å²) in [6, 6.07) is 13.2. The minimum Gasteiger partial charge on any atom is -0.496 e. The number of ether oxygens (including phenoxy) is 3. The van der Waals surface area contributed by atoms with E-state index < -0.39 is 0 Å². The van der Waals surface area contributed by atoms with Crippen LogP contribution in [0.4, 0.5) is 0 Å². The zero-order chi connectivity index (χ0) is 24.2. The maximum Gasteiger partial charge on any atom is 0.258 e. The summed E-state index contributed by atoms with van der Waals surface area (Å²) in [6.07, 6.45) is 4.43. The third kappa shape index (κ3) is 8.00. The number of carbonyl (C=O) groups is 1. The van der Waals surface area contributed by atoms with Crippen molar-refractivity contribution in [2.24, 2.45) is 10.9 Å². The second kappa shape index (κ2) is 13.4. The Hall–Kier alpha value is -3.22. The normalized spacial score (nSPS) is 11.2. The molecule has 0 radical (unpaired) electrons. The summed E-state index contributed by atoms with van der Waals surface area (Å²) in [4.78, 5) is 14.9.